The number of hydrogen-bond acceptors (Lipinski definition) is 3. The number of nitrogens with zero attached hydrogens (tertiary/aromatic N) is 1. The molecule has 0 amide bonds. The molecule has 1 saturated heterocycles. The monoisotopic (exact) mass is 272 g/mol. The van der Waals surface area contributed by atoms with Gasteiger partial charge in [-0.2, -0.15) is 11.8 Å². The second-order valence-electron chi connectivity index (χ2n) is 6.02. The van der Waals surface area contributed by atoms with Crippen LogP contribution in [0, 0.1) is 0 Å². The van der Waals surface area contributed by atoms with E-state index in [1.807, 2.05) is 0 Å². The number of nitrogens with two attached hydrogens (primary N) is 1. The van der Waals surface area contributed by atoms with Crippen LogP contribution in [0.3, 0.4) is 0 Å². The van der Waals surface area contributed by atoms with Gasteiger partial charge in [0.05, 0.1) is 0 Å². The van der Waals surface area contributed by atoms with Crippen LogP contribution in [0.5, 0.6) is 0 Å². The van der Waals surface area contributed by atoms with Gasteiger partial charge in [0.25, 0.3) is 0 Å². The van der Waals surface area contributed by atoms with Crippen molar-refractivity contribution in [1.82, 2.24) is 4.90 Å². The molecule has 1 heterocycles. The Morgan fingerprint density at radius 3 is 2.61 bits per heavy atom. The van der Waals surface area contributed by atoms with Gasteiger partial charge in [0.15, 0.2) is 0 Å². The quantitative estimate of drug-likeness (QED) is 0.719. The number of unbranched alkanes of at least 4 members (excludes halogenated alkanes) is 3. The molecule has 1 rings (SSSR count). The Hall–Kier alpha value is 0.270. The molecule has 2 nitrogen and oxygen atoms in total. The van der Waals surface area contributed by atoms with Crippen LogP contribution in [-0.4, -0.2) is 40.6 Å². The zero-order chi connectivity index (χ0) is 13.6. The molecule has 0 aromatic carbocycles. The zero-order valence-electron chi connectivity index (χ0n) is 12.7. The average molecular weight is 273 g/mol. The molecule has 3 unspecified atom stereocenters. The van der Waals surface area contributed by atoms with Crippen molar-refractivity contribution in [2.24, 2.45) is 5.73 Å². The van der Waals surface area contributed by atoms with Crippen LogP contribution in [-0.2, 0) is 0 Å². The lowest BCUT2D eigenvalue weighted by Crippen LogP contribution is -2.59. The van der Waals surface area contributed by atoms with Gasteiger partial charge in [-0.25, -0.2) is 0 Å². The first kappa shape index (κ1) is 16.3. The van der Waals surface area contributed by atoms with Crippen molar-refractivity contribution in [3.05, 3.63) is 0 Å². The molecule has 0 aromatic heterocycles. The maximum absolute atomic E-state index is 6.11. The Bertz CT molecular complexity index is 235. The number of thioether (sulfide) groups is 1. The Morgan fingerprint density at radius 1 is 1.28 bits per heavy atom. The summed E-state index contributed by atoms with van der Waals surface area (Å²) < 4.78 is 0. The second kappa shape index (κ2) is 7.76. The molecule has 0 saturated carbocycles. The molecule has 108 valence electrons. The SMILES string of the molecule is CCCCCCC(C)(CN)N1CCSC(C)C1C. The fourth-order valence-electron chi connectivity index (χ4n) is 2.99. The molecule has 18 heavy (non-hydrogen) atoms. The van der Waals surface area contributed by atoms with Crippen LogP contribution < -0.4 is 5.73 Å². The van der Waals surface area contributed by atoms with E-state index >= 15 is 0 Å². The lowest BCUT2D eigenvalue weighted by atomic mass is 9.90. The zero-order valence-corrected chi connectivity index (χ0v) is 13.6. The highest BCUT2D eigenvalue weighted by Crippen LogP contribution is 2.32. The van der Waals surface area contributed by atoms with E-state index < -0.39 is 0 Å². The minimum atomic E-state index is 0.211. The Balaban J connectivity index is 2.55. The van der Waals surface area contributed by atoms with Crippen molar-refractivity contribution >= 4 is 11.8 Å². The van der Waals surface area contributed by atoms with Crippen molar-refractivity contribution in [2.45, 2.75) is 76.6 Å². The Morgan fingerprint density at radius 2 is 2.00 bits per heavy atom. The summed E-state index contributed by atoms with van der Waals surface area (Å²) in [5.74, 6) is 1.26. The molecule has 0 aliphatic carbocycles. The van der Waals surface area contributed by atoms with Gasteiger partial charge in [0.2, 0.25) is 0 Å². The molecule has 3 atom stereocenters. The lowest BCUT2D eigenvalue weighted by Gasteiger charge is -2.49. The third-order valence-corrected chi connectivity index (χ3v) is 5.92. The van der Waals surface area contributed by atoms with E-state index in [4.69, 9.17) is 5.73 Å². The van der Waals surface area contributed by atoms with E-state index in [0.29, 0.717) is 6.04 Å². The van der Waals surface area contributed by atoms with E-state index in [-0.39, 0.29) is 5.54 Å². The maximum atomic E-state index is 6.11. The average Bonchev–Trinajstić information content (AvgIpc) is 2.37. The molecule has 0 spiro atoms. The first-order chi connectivity index (χ1) is 8.55. The highest BCUT2D eigenvalue weighted by atomic mass is 32.2. The fourth-order valence-corrected chi connectivity index (χ4v) is 4.09. The summed E-state index contributed by atoms with van der Waals surface area (Å²) in [4.78, 5) is 2.68. The largest absolute Gasteiger partial charge is 0.329 e. The van der Waals surface area contributed by atoms with Crippen molar-refractivity contribution in [2.75, 3.05) is 18.8 Å². The van der Waals surface area contributed by atoms with E-state index in [1.54, 1.807) is 0 Å². The van der Waals surface area contributed by atoms with Crippen LogP contribution in [0.1, 0.15) is 59.8 Å². The first-order valence-corrected chi connectivity index (χ1v) is 8.68. The van der Waals surface area contributed by atoms with Crippen molar-refractivity contribution in [1.29, 1.82) is 0 Å². The molecular formula is C15H32N2S. The second-order valence-corrected chi connectivity index (χ2v) is 7.51. The van der Waals surface area contributed by atoms with Gasteiger partial charge in [0.1, 0.15) is 0 Å². The van der Waals surface area contributed by atoms with Crippen molar-refractivity contribution in [3.8, 4) is 0 Å². The molecule has 0 radical (unpaired) electrons. The summed E-state index contributed by atoms with van der Waals surface area (Å²) in [5.41, 5.74) is 6.32. The first-order valence-electron chi connectivity index (χ1n) is 7.63. The van der Waals surface area contributed by atoms with E-state index in [1.165, 1.54) is 44.4 Å². The standard InChI is InChI=1S/C15H32N2S/c1-5-6-7-8-9-15(4,12-16)17-10-11-18-14(3)13(17)2/h13-14H,5-12,16H2,1-4H3. The molecule has 2 N–H and O–H groups in total. The van der Waals surface area contributed by atoms with Gasteiger partial charge >= 0.3 is 0 Å². The third kappa shape index (κ3) is 4.14. The lowest BCUT2D eigenvalue weighted by molar-refractivity contribution is 0.0621. The summed E-state index contributed by atoms with van der Waals surface area (Å²) in [6.45, 7) is 11.4. The predicted octanol–water partition coefficient (Wildman–Crippen LogP) is 3.50. The third-order valence-electron chi connectivity index (χ3n) is 4.59. The number of hydrogen-bond donors (Lipinski definition) is 1. The molecule has 1 aliphatic rings. The molecule has 1 fully saturated rings. The molecular weight excluding hydrogens is 240 g/mol. The molecule has 3 heteroatoms. The predicted molar refractivity (Wildman–Crippen MR) is 84.3 cm³/mol. The van der Waals surface area contributed by atoms with Crippen LogP contribution in [0.25, 0.3) is 0 Å². The topological polar surface area (TPSA) is 29.3 Å². The summed E-state index contributed by atoms with van der Waals surface area (Å²) in [6, 6.07) is 0.656. The van der Waals surface area contributed by atoms with Gasteiger partial charge in [-0.3, -0.25) is 4.90 Å². The van der Waals surface area contributed by atoms with Gasteiger partial charge in [-0.15, -0.1) is 0 Å². The molecule has 1 aliphatic heterocycles. The molecule has 0 bridgehead atoms. The maximum Gasteiger partial charge on any atom is 0.0307 e. The van der Waals surface area contributed by atoms with Gasteiger partial charge < -0.3 is 5.73 Å². The van der Waals surface area contributed by atoms with Crippen LogP contribution in [0.2, 0.25) is 0 Å². The van der Waals surface area contributed by atoms with Crippen LogP contribution in [0.4, 0.5) is 0 Å². The molecule has 0 aromatic rings. The highest BCUT2D eigenvalue weighted by molar-refractivity contribution is 8.00. The van der Waals surface area contributed by atoms with Crippen molar-refractivity contribution < 1.29 is 0 Å². The normalized spacial score (nSPS) is 29.2. The van der Waals surface area contributed by atoms with Gasteiger partial charge in [0, 0.05) is 35.7 Å². The van der Waals surface area contributed by atoms with E-state index in [9.17, 15) is 0 Å². The van der Waals surface area contributed by atoms with Crippen LogP contribution >= 0.6 is 11.8 Å². The number of rotatable bonds is 7. The summed E-state index contributed by atoms with van der Waals surface area (Å²) >= 11 is 2.11. The smallest absolute Gasteiger partial charge is 0.0307 e. The summed E-state index contributed by atoms with van der Waals surface area (Å²) in [5, 5.41) is 0.736. The van der Waals surface area contributed by atoms with Gasteiger partial charge in [-0.1, -0.05) is 39.5 Å². The summed E-state index contributed by atoms with van der Waals surface area (Å²) in [6.07, 6.45) is 6.62. The van der Waals surface area contributed by atoms with Gasteiger partial charge in [-0.05, 0) is 20.3 Å². The van der Waals surface area contributed by atoms with E-state index in [0.717, 1.165) is 11.8 Å². The van der Waals surface area contributed by atoms with Crippen molar-refractivity contribution in [3.63, 3.8) is 0 Å². The minimum Gasteiger partial charge on any atom is -0.329 e. The Labute approximate surface area is 118 Å². The van der Waals surface area contributed by atoms with Crippen LogP contribution in [0.15, 0.2) is 0 Å². The summed E-state index contributed by atoms with van der Waals surface area (Å²) in [7, 11) is 0. The highest BCUT2D eigenvalue weighted by Gasteiger charge is 2.37. The fraction of sp³-hybridized carbons (Fsp3) is 1.00. The minimum absolute atomic E-state index is 0.211. The Kier molecular flexibility index (Phi) is 7.04. The van der Waals surface area contributed by atoms with E-state index in [2.05, 4.69) is 44.4 Å².